The number of halogens is 1. The highest BCUT2D eigenvalue weighted by Gasteiger charge is 2.28. The van der Waals surface area contributed by atoms with Gasteiger partial charge in [-0.2, -0.15) is 0 Å². The number of methoxy groups -OCH3 is 1. The third-order valence-corrected chi connectivity index (χ3v) is 5.72. The van der Waals surface area contributed by atoms with Crippen LogP contribution in [0.1, 0.15) is 5.56 Å². The largest absolute Gasteiger partial charge is 0.497 e. The van der Waals surface area contributed by atoms with Crippen LogP contribution in [0.4, 0.5) is 20.6 Å². The molecule has 0 radical (unpaired) electrons. The van der Waals surface area contributed by atoms with Crippen molar-refractivity contribution < 1.29 is 18.7 Å². The van der Waals surface area contributed by atoms with Gasteiger partial charge in [0.1, 0.15) is 28.8 Å². The molecular formula is C25H23FN4O3. The Kier molecular flexibility index (Phi) is 5.56. The molecule has 0 saturated carbocycles. The number of nitrogens with zero attached hydrogens (tertiary/aromatic N) is 3. The molecule has 1 N–H and O–H groups in total. The number of ether oxygens (including phenoxy) is 2. The van der Waals surface area contributed by atoms with E-state index in [1.165, 1.54) is 6.07 Å². The van der Waals surface area contributed by atoms with Crippen molar-refractivity contribution in [2.24, 2.45) is 4.99 Å². The fraction of sp³-hybridized carbons (Fsp3) is 0.200. The van der Waals surface area contributed by atoms with Crippen LogP contribution in [0.2, 0.25) is 0 Å². The molecule has 8 heteroatoms. The van der Waals surface area contributed by atoms with E-state index in [1.54, 1.807) is 30.2 Å². The Bertz CT molecular complexity index is 1220. The minimum absolute atomic E-state index is 0.174. The van der Waals surface area contributed by atoms with E-state index in [0.717, 1.165) is 17.1 Å². The number of para-hydroxylation sites is 3. The first-order valence-electron chi connectivity index (χ1n) is 10.7. The molecule has 2 amide bonds. The van der Waals surface area contributed by atoms with Crippen molar-refractivity contribution in [2.45, 2.75) is 0 Å². The number of aliphatic imine (C=N–C) groups is 1. The minimum Gasteiger partial charge on any atom is -0.497 e. The quantitative estimate of drug-likeness (QED) is 0.610. The van der Waals surface area contributed by atoms with E-state index >= 15 is 0 Å². The van der Waals surface area contributed by atoms with Crippen molar-refractivity contribution in [3.8, 4) is 17.2 Å². The highest BCUT2D eigenvalue weighted by Crippen LogP contribution is 2.39. The first-order valence-corrected chi connectivity index (χ1v) is 10.7. The molecule has 168 valence electrons. The van der Waals surface area contributed by atoms with E-state index in [1.807, 2.05) is 42.5 Å². The van der Waals surface area contributed by atoms with Gasteiger partial charge in [-0.15, -0.1) is 0 Å². The van der Waals surface area contributed by atoms with E-state index in [2.05, 4.69) is 10.2 Å². The molecule has 5 rings (SSSR count). The van der Waals surface area contributed by atoms with Crippen molar-refractivity contribution in [3.63, 3.8) is 0 Å². The van der Waals surface area contributed by atoms with Gasteiger partial charge in [0.15, 0.2) is 5.75 Å². The van der Waals surface area contributed by atoms with Crippen LogP contribution < -0.4 is 14.8 Å². The maximum atomic E-state index is 13.9. The number of hydrogen-bond donors (Lipinski definition) is 1. The normalized spacial score (nSPS) is 14.9. The first kappa shape index (κ1) is 20.8. The fourth-order valence-electron chi connectivity index (χ4n) is 3.95. The lowest BCUT2D eigenvalue weighted by Crippen LogP contribution is -2.51. The van der Waals surface area contributed by atoms with Crippen LogP contribution in [-0.2, 0) is 0 Å². The Labute approximate surface area is 191 Å². The molecule has 0 bridgehead atoms. The summed E-state index contributed by atoms with van der Waals surface area (Å²) in [6.45, 7) is 2.09. The smallest absolute Gasteiger partial charge is 0.322 e. The molecule has 2 aliphatic heterocycles. The molecule has 0 unspecified atom stereocenters. The summed E-state index contributed by atoms with van der Waals surface area (Å²) >= 11 is 0. The third-order valence-electron chi connectivity index (χ3n) is 5.72. The number of piperazine rings is 1. The maximum Gasteiger partial charge on any atom is 0.322 e. The van der Waals surface area contributed by atoms with E-state index in [4.69, 9.17) is 14.5 Å². The number of anilines is 1. The van der Waals surface area contributed by atoms with Crippen LogP contribution in [0, 0.1) is 5.82 Å². The fourth-order valence-corrected chi connectivity index (χ4v) is 3.95. The van der Waals surface area contributed by atoms with Crippen LogP contribution >= 0.6 is 0 Å². The Morgan fingerprint density at radius 1 is 1.00 bits per heavy atom. The van der Waals surface area contributed by atoms with Gasteiger partial charge in [0.05, 0.1) is 18.4 Å². The van der Waals surface area contributed by atoms with Crippen LogP contribution in [0.15, 0.2) is 71.7 Å². The first-order chi connectivity index (χ1) is 16.1. The topological polar surface area (TPSA) is 66.4 Å². The molecule has 1 fully saturated rings. The summed E-state index contributed by atoms with van der Waals surface area (Å²) in [6.07, 6.45) is 0. The summed E-state index contributed by atoms with van der Waals surface area (Å²) < 4.78 is 25.5. The minimum atomic E-state index is -0.457. The number of benzene rings is 3. The zero-order chi connectivity index (χ0) is 22.8. The van der Waals surface area contributed by atoms with Crippen LogP contribution in [-0.4, -0.2) is 55.0 Å². The van der Waals surface area contributed by atoms with Crippen molar-refractivity contribution >= 4 is 23.2 Å². The summed E-state index contributed by atoms with van der Waals surface area (Å²) in [7, 11) is 1.62. The zero-order valence-electron chi connectivity index (χ0n) is 18.1. The van der Waals surface area contributed by atoms with Crippen LogP contribution in [0.25, 0.3) is 0 Å². The Morgan fingerprint density at radius 2 is 1.76 bits per heavy atom. The average molecular weight is 446 g/mol. The molecule has 7 nitrogen and oxygen atoms in total. The van der Waals surface area contributed by atoms with Crippen LogP contribution in [0.3, 0.4) is 0 Å². The highest BCUT2D eigenvalue weighted by molar-refractivity contribution is 6.04. The molecule has 2 aliphatic rings. The molecule has 3 aromatic carbocycles. The SMILES string of the molecule is COc1ccc2c(c1)C(N1CCN(C(=O)Nc3ccccc3F)CC1)=Nc1ccccc1O2. The summed E-state index contributed by atoms with van der Waals surface area (Å²) in [6, 6.07) is 19.1. The van der Waals surface area contributed by atoms with Gasteiger partial charge >= 0.3 is 6.03 Å². The van der Waals surface area contributed by atoms with E-state index < -0.39 is 5.82 Å². The average Bonchev–Trinajstić information content (AvgIpc) is 3.01. The molecule has 2 heterocycles. The number of amides is 2. The van der Waals surface area contributed by atoms with Gasteiger partial charge in [0, 0.05) is 26.2 Å². The number of rotatable bonds is 2. The van der Waals surface area contributed by atoms with Gasteiger partial charge < -0.3 is 24.6 Å². The lowest BCUT2D eigenvalue weighted by atomic mass is 10.1. The second-order valence-electron chi connectivity index (χ2n) is 7.75. The van der Waals surface area contributed by atoms with Gasteiger partial charge in [-0.05, 0) is 42.5 Å². The Morgan fingerprint density at radius 3 is 2.55 bits per heavy atom. The van der Waals surface area contributed by atoms with Gasteiger partial charge in [0.25, 0.3) is 0 Å². The maximum absolute atomic E-state index is 13.9. The van der Waals surface area contributed by atoms with E-state index in [9.17, 15) is 9.18 Å². The monoisotopic (exact) mass is 446 g/mol. The van der Waals surface area contributed by atoms with Crippen molar-refractivity contribution in [1.82, 2.24) is 9.80 Å². The summed E-state index contributed by atoms with van der Waals surface area (Å²) in [5, 5.41) is 2.65. The van der Waals surface area contributed by atoms with Crippen molar-refractivity contribution in [1.29, 1.82) is 0 Å². The van der Waals surface area contributed by atoms with Crippen LogP contribution in [0.5, 0.6) is 17.2 Å². The predicted molar refractivity (Wildman–Crippen MR) is 124 cm³/mol. The number of carbonyl (C=O) groups excluding carboxylic acids is 1. The second-order valence-corrected chi connectivity index (χ2v) is 7.75. The van der Waals surface area contributed by atoms with E-state index in [0.29, 0.717) is 43.4 Å². The van der Waals surface area contributed by atoms with Gasteiger partial charge in [-0.1, -0.05) is 24.3 Å². The molecule has 3 aromatic rings. The summed E-state index contributed by atoms with van der Waals surface area (Å²) in [5.74, 6) is 2.39. The standard InChI is InChI=1S/C25H23FN4O3/c1-32-17-10-11-22-18(16-17)24(27-21-8-4-5-9-23(21)33-22)29-12-14-30(15-13-29)25(31)28-20-7-3-2-6-19(20)26/h2-11,16H,12-15H2,1H3,(H,28,31). The predicted octanol–water partition coefficient (Wildman–Crippen LogP) is 4.87. The molecular weight excluding hydrogens is 423 g/mol. The lowest BCUT2D eigenvalue weighted by Gasteiger charge is -2.36. The van der Waals surface area contributed by atoms with Crippen molar-refractivity contribution in [2.75, 3.05) is 38.6 Å². The number of fused-ring (bicyclic) bond motifs is 2. The number of amidine groups is 1. The highest BCUT2D eigenvalue weighted by atomic mass is 19.1. The van der Waals surface area contributed by atoms with Gasteiger partial charge in [-0.25, -0.2) is 14.2 Å². The Balaban J connectivity index is 1.38. The third kappa shape index (κ3) is 4.19. The van der Waals surface area contributed by atoms with Gasteiger partial charge in [-0.3, -0.25) is 0 Å². The number of carbonyl (C=O) groups is 1. The summed E-state index contributed by atoms with van der Waals surface area (Å²) in [5.41, 5.74) is 1.74. The second kappa shape index (κ2) is 8.82. The summed E-state index contributed by atoms with van der Waals surface area (Å²) in [4.78, 5) is 21.4. The van der Waals surface area contributed by atoms with E-state index in [-0.39, 0.29) is 11.7 Å². The number of hydrogen-bond acceptors (Lipinski definition) is 5. The zero-order valence-corrected chi connectivity index (χ0v) is 18.1. The van der Waals surface area contributed by atoms with Crippen molar-refractivity contribution in [3.05, 3.63) is 78.1 Å². The number of urea groups is 1. The Hall–Kier alpha value is -4.07. The van der Waals surface area contributed by atoms with Gasteiger partial charge in [0.2, 0.25) is 0 Å². The number of nitrogens with one attached hydrogen (secondary N) is 1. The molecule has 33 heavy (non-hydrogen) atoms. The molecule has 0 aromatic heterocycles. The molecule has 0 spiro atoms. The lowest BCUT2D eigenvalue weighted by molar-refractivity contribution is 0.181. The molecule has 1 saturated heterocycles. The molecule has 0 aliphatic carbocycles. The molecule has 0 atom stereocenters.